The number of nitriles is 1. The molecule has 1 amide bonds. The summed E-state index contributed by atoms with van der Waals surface area (Å²) in [4.78, 5) is 12.3. The number of nitrogens with two attached hydrogens (primary N) is 1. The molecule has 0 saturated carbocycles. The minimum Gasteiger partial charge on any atom is -0.323 e. The molecule has 0 fully saturated rings. The number of anilines is 1. The Hall–Kier alpha value is -2.71. The summed E-state index contributed by atoms with van der Waals surface area (Å²) in [5.41, 5.74) is 5.74. The van der Waals surface area contributed by atoms with Crippen molar-refractivity contribution in [2.45, 2.75) is 12.5 Å². The van der Waals surface area contributed by atoms with Gasteiger partial charge in [0.25, 0.3) is 0 Å². The predicted octanol–water partition coefficient (Wildman–Crippen LogP) is 2.51. The zero-order valence-electron chi connectivity index (χ0n) is 11.4. The normalized spacial score (nSPS) is 13.0. The van der Waals surface area contributed by atoms with E-state index in [0.717, 1.165) is 6.07 Å². The highest BCUT2D eigenvalue weighted by Gasteiger charge is 2.30. The van der Waals surface area contributed by atoms with Crippen LogP contribution in [0.25, 0.3) is 0 Å². The van der Waals surface area contributed by atoms with Crippen molar-refractivity contribution in [2.24, 2.45) is 5.73 Å². The van der Waals surface area contributed by atoms with Crippen molar-refractivity contribution in [2.75, 3.05) is 5.32 Å². The summed E-state index contributed by atoms with van der Waals surface area (Å²) in [7, 11) is 0. The van der Waals surface area contributed by atoms with E-state index in [1.165, 1.54) is 12.1 Å². The number of nitrogens with one attached hydrogen (secondary N) is 1. The minimum atomic E-state index is -1.26. The van der Waals surface area contributed by atoms with Crippen LogP contribution in [0, 0.1) is 17.1 Å². The number of carbonyl (C=O) groups is 1. The van der Waals surface area contributed by atoms with Gasteiger partial charge < -0.3 is 11.1 Å². The van der Waals surface area contributed by atoms with Crippen molar-refractivity contribution in [3.8, 4) is 6.07 Å². The summed E-state index contributed by atoms with van der Waals surface area (Å²) in [6, 6.07) is 14.3. The molecule has 3 N–H and O–H groups in total. The molecule has 0 saturated heterocycles. The second-order valence-corrected chi connectivity index (χ2v) is 4.82. The molecular formula is C16H14FN3O. The lowest BCUT2D eigenvalue weighted by atomic mass is 9.92. The van der Waals surface area contributed by atoms with E-state index in [1.54, 1.807) is 31.2 Å². The lowest BCUT2D eigenvalue weighted by Gasteiger charge is -2.24. The van der Waals surface area contributed by atoms with Gasteiger partial charge in [-0.3, -0.25) is 4.79 Å². The summed E-state index contributed by atoms with van der Waals surface area (Å²) < 4.78 is 13.1. The SMILES string of the molecule is CC(N)(C(=O)Nc1ccc(F)cc1C#N)c1ccccc1. The smallest absolute Gasteiger partial charge is 0.248 e. The van der Waals surface area contributed by atoms with Crippen LogP contribution in [0.5, 0.6) is 0 Å². The molecule has 0 radical (unpaired) electrons. The zero-order valence-corrected chi connectivity index (χ0v) is 11.4. The highest BCUT2D eigenvalue weighted by atomic mass is 19.1. The fourth-order valence-electron chi connectivity index (χ4n) is 1.89. The molecule has 0 heterocycles. The third-order valence-electron chi connectivity index (χ3n) is 3.20. The molecule has 2 aromatic carbocycles. The number of carbonyl (C=O) groups excluding carboxylic acids is 1. The van der Waals surface area contributed by atoms with Crippen molar-refractivity contribution < 1.29 is 9.18 Å². The molecular weight excluding hydrogens is 269 g/mol. The molecule has 0 aromatic heterocycles. The second-order valence-electron chi connectivity index (χ2n) is 4.82. The Morgan fingerprint density at radius 2 is 1.95 bits per heavy atom. The number of nitrogens with zero attached hydrogens (tertiary/aromatic N) is 1. The maximum absolute atomic E-state index is 13.1. The molecule has 0 aliphatic rings. The molecule has 0 aliphatic heterocycles. The quantitative estimate of drug-likeness (QED) is 0.908. The first-order valence-electron chi connectivity index (χ1n) is 6.30. The first-order chi connectivity index (χ1) is 9.95. The van der Waals surface area contributed by atoms with Crippen molar-refractivity contribution >= 4 is 11.6 Å². The van der Waals surface area contributed by atoms with Crippen LogP contribution in [0.15, 0.2) is 48.5 Å². The van der Waals surface area contributed by atoms with Gasteiger partial charge in [0, 0.05) is 0 Å². The van der Waals surface area contributed by atoms with Gasteiger partial charge in [0.05, 0.1) is 11.3 Å². The maximum Gasteiger partial charge on any atom is 0.248 e. The molecule has 106 valence electrons. The Bertz CT molecular complexity index is 705. The fourth-order valence-corrected chi connectivity index (χ4v) is 1.89. The molecule has 2 rings (SSSR count). The van der Waals surface area contributed by atoms with Crippen LogP contribution in [-0.4, -0.2) is 5.91 Å². The van der Waals surface area contributed by atoms with E-state index in [4.69, 9.17) is 11.0 Å². The topological polar surface area (TPSA) is 78.9 Å². The summed E-state index contributed by atoms with van der Waals surface area (Å²) in [5.74, 6) is -1.01. The Labute approximate surface area is 122 Å². The standard InChI is InChI=1S/C16H14FN3O/c1-16(19,12-5-3-2-4-6-12)15(21)20-14-8-7-13(17)9-11(14)10-18/h2-9H,19H2,1H3,(H,20,21). The van der Waals surface area contributed by atoms with E-state index >= 15 is 0 Å². The second kappa shape index (κ2) is 5.73. The first kappa shape index (κ1) is 14.7. The molecule has 1 unspecified atom stereocenters. The van der Waals surface area contributed by atoms with Crippen LogP contribution in [0.4, 0.5) is 10.1 Å². The number of halogens is 1. The number of hydrogen-bond acceptors (Lipinski definition) is 3. The van der Waals surface area contributed by atoms with Crippen molar-refractivity contribution in [1.82, 2.24) is 0 Å². The van der Waals surface area contributed by atoms with Gasteiger partial charge in [-0.2, -0.15) is 5.26 Å². The van der Waals surface area contributed by atoms with Crippen LogP contribution < -0.4 is 11.1 Å². The molecule has 2 aromatic rings. The average Bonchev–Trinajstić information content (AvgIpc) is 2.49. The van der Waals surface area contributed by atoms with Gasteiger partial charge in [-0.25, -0.2) is 4.39 Å². The number of rotatable bonds is 3. The van der Waals surface area contributed by atoms with Gasteiger partial charge in [0.15, 0.2) is 0 Å². The van der Waals surface area contributed by atoms with Gasteiger partial charge in [0.2, 0.25) is 5.91 Å². The van der Waals surface area contributed by atoms with Gasteiger partial charge in [-0.05, 0) is 30.7 Å². The maximum atomic E-state index is 13.1. The first-order valence-corrected chi connectivity index (χ1v) is 6.30. The Morgan fingerprint density at radius 1 is 1.29 bits per heavy atom. The molecule has 1 atom stereocenters. The molecule has 0 bridgehead atoms. The Balaban J connectivity index is 2.28. The third kappa shape index (κ3) is 3.07. The van der Waals surface area contributed by atoms with E-state index in [2.05, 4.69) is 5.32 Å². The molecule has 0 spiro atoms. The van der Waals surface area contributed by atoms with Crippen molar-refractivity contribution in [1.29, 1.82) is 5.26 Å². The summed E-state index contributed by atoms with van der Waals surface area (Å²) in [6.45, 7) is 1.58. The average molecular weight is 283 g/mol. The van der Waals surface area contributed by atoms with Crippen LogP contribution >= 0.6 is 0 Å². The van der Waals surface area contributed by atoms with Crippen molar-refractivity contribution in [3.63, 3.8) is 0 Å². The number of hydrogen-bond donors (Lipinski definition) is 2. The van der Waals surface area contributed by atoms with Crippen LogP contribution in [0.3, 0.4) is 0 Å². The number of benzene rings is 2. The van der Waals surface area contributed by atoms with E-state index in [1.807, 2.05) is 12.1 Å². The fraction of sp³-hybridized carbons (Fsp3) is 0.125. The predicted molar refractivity (Wildman–Crippen MR) is 77.7 cm³/mol. The minimum absolute atomic E-state index is 0.0483. The highest BCUT2D eigenvalue weighted by Crippen LogP contribution is 2.22. The van der Waals surface area contributed by atoms with Crippen LogP contribution in [-0.2, 0) is 10.3 Å². The van der Waals surface area contributed by atoms with Gasteiger partial charge in [-0.1, -0.05) is 30.3 Å². The van der Waals surface area contributed by atoms with Crippen LogP contribution in [0.2, 0.25) is 0 Å². The molecule has 0 aliphatic carbocycles. The Morgan fingerprint density at radius 3 is 2.57 bits per heavy atom. The number of amides is 1. The summed E-state index contributed by atoms with van der Waals surface area (Å²) in [5, 5.41) is 11.6. The Kier molecular flexibility index (Phi) is 4.01. The van der Waals surface area contributed by atoms with Crippen molar-refractivity contribution in [3.05, 3.63) is 65.5 Å². The molecule has 5 heteroatoms. The van der Waals surface area contributed by atoms with Crippen LogP contribution in [0.1, 0.15) is 18.1 Å². The van der Waals surface area contributed by atoms with E-state index in [-0.39, 0.29) is 11.3 Å². The van der Waals surface area contributed by atoms with Gasteiger partial charge in [0.1, 0.15) is 17.4 Å². The molecule has 4 nitrogen and oxygen atoms in total. The monoisotopic (exact) mass is 283 g/mol. The summed E-state index contributed by atoms with van der Waals surface area (Å²) >= 11 is 0. The lowest BCUT2D eigenvalue weighted by molar-refractivity contribution is -0.120. The largest absolute Gasteiger partial charge is 0.323 e. The van der Waals surface area contributed by atoms with Gasteiger partial charge >= 0.3 is 0 Å². The summed E-state index contributed by atoms with van der Waals surface area (Å²) in [6.07, 6.45) is 0. The highest BCUT2D eigenvalue weighted by molar-refractivity contribution is 5.99. The van der Waals surface area contributed by atoms with E-state index in [9.17, 15) is 9.18 Å². The third-order valence-corrected chi connectivity index (χ3v) is 3.20. The van der Waals surface area contributed by atoms with Gasteiger partial charge in [-0.15, -0.1) is 0 Å². The van der Waals surface area contributed by atoms with E-state index in [0.29, 0.717) is 5.56 Å². The molecule has 21 heavy (non-hydrogen) atoms. The zero-order chi connectivity index (χ0) is 15.5. The lowest BCUT2D eigenvalue weighted by Crippen LogP contribution is -2.45. The van der Waals surface area contributed by atoms with E-state index < -0.39 is 17.3 Å².